The van der Waals surface area contributed by atoms with Crippen LogP contribution in [-0.4, -0.2) is 22.4 Å². The Morgan fingerprint density at radius 3 is 2.71 bits per heavy atom. The van der Waals surface area contributed by atoms with Crippen LogP contribution in [0.1, 0.15) is 39.3 Å². The molecular formula is C23H24N4O. The molecule has 1 amide bonds. The zero-order chi connectivity index (χ0) is 19.7. The summed E-state index contributed by atoms with van der Waals surface area (Å²) in [6, 6.07) is 16.0. The molecule has 0 saturated carbocycles. The number of hydrogen-bond acceptors (Lipinski definition) is 4. The Kier molecular flexibility index (Phi) is 4.82. The summed E-state index contributed by atoms with van der Waals surface area (Å²) in [5, 5.41) is 3.00. The van der Waals surface area contributed by atoms with Crippen molar-refractivity contribution in [2.75, 3.05) is 16.8 Å². The van der Waals surface area contributed by atoms with Crippen LogP contribution in [0.2, 0.25) is 0 Å². The van der Waals surface area contributed by atoms with Gasteiger partial charge in [0.15, 0.2) is 0 Å². The Labute approximate surface area is 165 Å². The van der Waals surface area contributed by atoms with E-state index in [0.29, 0.717) is 11.6 Å². The van der Waals surface area contributed by atoms with Crippen LogP contribution < -0.4 is 10.2 Å². The van der Waals surface area contributed by atoms with Gasteiger partial charge in [0.25, 0.3) is 5.91 Å². The molecule has 4 rings (SSSR count). The van der Waals surface area contributed by atoms with Crippen molar-refractivity contribution in [2.24, 2.45) is 0 Å². The van der Waals surface area contributed by atoms with Crippen molar-refractivity contribution in [3.63, 3.8) is 0 Å². The number of nitrogens with one attached hydrogen (secondary N) is 1. The molecule has 1 aliphatic heterocycles. The number of aromatic nitrogens is 2. The van der Waals surface area contributed by atoms with Crippen LogP contribution in [0.15, 0.2) is 48.5 Å². The van der Waals surface area contributed by atoms with Crippen molar-refractivity contribution in [1.29, 1.82) is 0 Å². The lowest BCUT2D eigenvalue weighted by Gasteiger charge is -2.29. The fourth-order valence-corrected chi connectivity index (χ4v) is 3.60. The first-order valence-corrected chi connectivity index (χ1v) is 9.61. The molecule has 0 saturated heterocycles. The molecule has 0 aliphatic carbocycles. The third-order valence-corrected chi connectivity index (χ3v) is 5.28. The quantitative estimate of drug-likeness (QED) is 0.721. The minimum absolute atomic E-state index is 0.217. The molecule has 28 heavy (non-hydrogen) atoms. The van der Waals surface area contributed by atoms with Crippen molar-refractivity contribution in [3.05, 3.63) is 76.6 Å². The average Bonchev–Trinajstić information content (AvgIpc) is 2.70. The molecule has 2 aromatic carbocycles. The zero-order valence-corrected chi connectivity index (χ0v) is 16.5. The molecule has 0 spiro atoms. The first kappa shape index (κ1) is 18.2. The summed E-state index contributed by atoms with van der Waals surface area (Å²) in [6.07, 6.45) is 2.09. The van der Waals surface area contributed by atoms with Gasteiger partial charge < -0.3 is 10.2 Å². The number of rotatable bonds is 3. The highest BCUT2D eigenvalue weighted by atomic mass is 16.1. The number of carbonyl (C=O) groups is 1. The van der Waals surface area contributed by atoms with Gasteiger partial charge in [-0.15, -0.1) is 0 Å². The lowest BCUT2D eigenvalue weighted by Crippen LogP contribution is -2.27. The van der Waals surface area contributed by atoms with Gasteiger partial charge in [0.05, 0.1) is 0 Å². The molecule has 5 heteroatoms. The van der Waals surface area contributed by atoms with Gasteiger partial charge in [0.2, 0.25) is 5.95 Å². The molecule has 0 radical (unpaired) electrons. The fourth-order valence-electron chi connectivity index (χ4n) is 3.60. The van der Waals surface area contributed by atoms with Crippen LogP contribution >= 0.6 is 0 Å². The Morgan fingerprint density at radius 2 is 1.86 bits per heavy atom. The van der Waals surface area contributed by atoms with E-state index in [-0.39, 0.29) is 5.91 Å². The number of nitrogens with zero attached hydrogens (tertiary/aromatic N) is 3. The minimum Gasteiger partial charge on any atom is -0.320 e. The number of fused-ring (bicyclic) bond motifs is 1. The molecule has 0 bridgehead atoms. The Hall–Kier alpha value is -3.21. The lowest BCUT2D eigenvalue weighted by atomic mass is 10.0. The second-order valence-corrected chi connectivity index (χ2v) is 7.28. The van der Waals surface area contributed by atoms with E-state index in [1.54, 1.807) is 6.07 Å². The number of benzene rings is 2. The Balaban J connectivity index is 1.67. The van der Waals surface area contributed by atoms with Gasteiger partial charge in [-0.1, -0.05) is 30.3 Å². The van der Waals surface area contributed by atoms with E-state index in [4.69, 9.17) is 0 Å². The topological polar surface area (TPSA) is 58.1 Å². The maximum absolute atomic E-state index is 12.9. The normalized spacial score (nSPS) is 13.2. The predicted octanol–water partition coefficient (Wildman–Crippen LogP) is 4.74. The monoisotopic (exact) mass is 372 g/mol. The molecule has 1 aromatic heterocycles. The summed E-state index contributed by atoms with van der Waals surface area (Å²) in [4.78, 5) is 24.2. The van der Waals surface area contributed by atoms with Crippen LogP contribution in [0.5, 0.6) is 0 Å². The minimum atomic E-state index is -0.217. The number of anilines is 3. The second kappa shape index (κ2) is 7.43. The maximum atomic E-state index is 12.9. The predicted molar refractivity (Wildman–Crippen MR) is 112 cm³/mol. The van der Waals surface area contributed by atoms with Crippen LogP contribution in [0.25, 0.3) is 0 Å². The maximum Gasteiger partial charge on any atom is 0.274 e. The number of carbonyl (C=O) groups excluding carboxylic acids is 1. The summed E-state index contributed by atoms with van der Waals surface area (Å²) in [5.41, 5.74) is 6.59. The SMILES string of the molecule is Cc1cc(C(=O)Nc2cccc(C)c2C)nc(N2CCCc3ccccc32)n1. The van der Waals surface area contributed by atoms with E-state index in [2.05, 4.69) is 38.4 Å². The van der Waals surface area contributed by atoms with E-state index in [9.17, 15) is 4.79 Å². The largest absolute Gasteiger partial charge is 0.320 e. The van der Waals surface area contributed by atoms with E-state index >= 15 is 0 Å². The van der Waals surface area contributed by atoms with Gasteiger partial charge in [-0.05, 0) is 68.5 Å². The van der Waals surface area contributed by atoms with Gasteiger partial charge in [0.1, 0.15) is 5.69 Å². The lowest BCUT2D eigenvalue weighted by molar-refractivity contribution is 0.102. The van der Waals surface area contributed by atoms with Crippen molar-refractivity contribution >= 4 is 23.2 Å². The van der Waals surface area contributed by atoms with Gasteiger partial charge in [-0.3, -0.25) is 4.79 Å². The van der Waals surface area contributed by atoms with Crippen molar-refractivity contribution in [3.8, 4) is 0 Å². The summed E-state index contributed by atoms with van der Waals surface area (Å²) >= 11 is 0. The molecule has 142 valence electrons. The average molecular weight is 372 g/mol. The zero-order valence-electron chi connectivity index (χ0n) is 16.5. The second-order valence-electron chi connectivity index (χ2n) is 7.28. The summed E-state index contributed by atoms with van der Waals surface area (Å²) < 4.78 is 0. The summed E-state index contributed by atoms with van der Waals surface area (Å²) in [6.45, 7) is 6.78. The van der Waals surface area contributed by atoms with Crippen molar-refractivity contribution in [1.82, 2.24) is 9.97 Å². The number of hydrogen-bond donors (Lipinski definition) is 1. The molecule has 5 nitrogen and oxygen atoms in total. The third kappa shape index (κ3) is 3.48. The molecule has 2 heterocycles. The molecule has 3 aromatic rings. The molecule has 0 atom stereocenters. The van der Waals surface area contributed by atoms with Gasteiger partial charge in [0, 0.05) is 23.6 Å². The molecule has 1 aliphatic rings. The van der Waals surface area contributed by atoms with E-state index < -0.39 is 0 Å². The molecule has 1 N–H and O–H groups in total. The van der Waals surface area contributed by atoms with E-state index in [1.807, 2.05) is 45.0 Å². The fraction of sp³-hybridized carbons (Fsp3) is 0.261. The highest BCUT2D eigenvalue weighted by Gasteiger charge is 2.22. The smallest absolute Gasteiger partial charge is 0.274 e. The van der Waals surface area contributed by atoms with Crippen LogP contribution in [0, 0.1) is 20.8 Å². The number of para-hydroxylation sites is 1. The molecule has 0 fully saturated rings. The number of aryl methyl sites for hydroxylation is 3. The van der Waals surface area contributed by atoms with Gasteiger partial charge in [-0.25, -0.2) is 9.97 Å². The third-order valence-electron chi connectivity index (χ3n) is 5.28. The van der Waals surface area contributed by atoms with Crippen LogP contribution in [0.4, 0.5) is 17.3 Å². The molecular weight excluding hydrogens is 348 g/mol. The summed E-state index contributed by atoms with van der Waals surface area (Å²) in [5.74, 6) is 0.365. The first-order valence-electron chi connectivity index (χ1n) is 9.61. The van der Waals surface area contributed by atoms with Crippen molar-refractivity contribution < 1.29 is 4.79 Å². The van der Waals surface area contributed by atoms with E-state index in [1.165, 1.54) is 5.56 Å². The van der Waals surface area contributed by atoms with Crippen molar-refractivity contribution in [2.45, 2.75) is 33.6 Å². The van der Waals surface area contributed by atoms with Crippen LogP contribution in [0.3, 0.4) is 0 Å². The Bertz CT molecular complexity index is 1040. The highest BCUT2D eigenvalue weighted by molar-refractivity contribution is 6.03. The van der Waals surface area contributed by atoms with Gasteiger partial charge in [-0.2, -0.15) is 0 Å². The molecule has 0 unspecified atom stereocenters. The van der Waals surface area contributed by atoms with Gasteiger partial charge >= 0.3 is 0 Å². The number of amides is 1. The Morgan fingerprint density at radius 1 is 1.04 bits per heavy atom. The highest BCUT2D eigenvalue weighted by Crippen LogP contribution is 2.31. The summed E-state index contributed by atoms with van der Waals surface area (Å²) in [7, 11) is 0. The standard InChI is InChI=1S/C23H24N4O/c1-15-8-6-11-19(17(15)3)25-22(28)20-14-16(2)24-23(26-20)27-13-7-10-18-9-4-5-12-21(18)27/h4-6,8-9,11-12,14H,7,10,13H2,1-3H3,(H,25,28). The van der Waals surface area contributed by atoms with E-state index in [0.717, 1.165) is 47.6 Å². The first-order chi connectivity index (χ1) is 13.5. The van der Waals surface area contributed by atoms with Crippen LogP contribution in [-0.2, 0) is 6.42 Å².